The molecule has 1 heterocycles. The maximum atomic E-state index is 11.6. The van der Waals surface area contributed by atoms with Gasteiger partial charge in [0.1, 0.15) is 5.75 Å². The third-order valence-corrected chi connectivity index (χ3v) is 2.61. The third kappa shape index (κ3) is 2.17. The molecule has 0 aliphatic carbocycles. The molecule has 1 aromatic carbocycles. The Balaban J connectivity index is 2.12. The third-order valence-electron chi connectivity index (χ3n) is 2.61. The molecule has 0 bridgehead atoms. The van der Waals surface area contributed by atoms with E-state index in [-0.39, 0.29) is 11.9 Å². The van der Waals surface area contributed by atoms with Crippen molar-refractivity contribution in [3.05, 3.63) is 24.3 Å². The summed E-state index contributed by atoms with van der Waals surface area (Å²) in [5.41, 5.74) is 6.63. The predicted molar refractivity (Wildman–Crippen MR) is 62.6 cm³/mol. The maximum Gasteiger partial charge on any atom is 0.228 e. The van der Waals surface area contributed by atoms with E-state index in [0.29, 0.717) is 19.6 Å². The number of benzene rings is 1. The molecule has 4 heteroatoms. The fraction of sp³-hybridized carbons (Fsp3) is 0.417. The molecule has 1 aliphatic heterocycles. The highest BCUT2D eigenvalue weighted by Crippen LogP contribution is 2.23. The van der Waals surface area contributed by atoms with Gasteiger partial charge in [-0.1, -0.05) is 0 Å². The summed E-state index contributed by atoms with van der Waals surface area (Å²) in [4.78, 5) is 13.3. The van der Waals surface area contributed by atoms with Crippen LogP contribution in [0.15, 0.2) is 24.3 Å². The van der Waals surface area contributed by atoms with E-state index in [4.69, 9.17) is 10.5 Å². The first-order chi connectivity index (χ1) is 7.70. The molecule has 1 atom stereocenters. The van der Waals surface area contributed by atoms with Crippen molar-refractivity contribution >= 4 is 11.6 Å². The summed E-state index contributed by atoms with van der Waals surface area (Å²) in [6, 6.07) is 7.48. The van der Waals surface area contributed by atoms with E-state index in [0.717, 1.165) is 11.4 Å². The van der Waals surface area contributed by atoms with Gasteiger partial charge in [0.05, 0.1) is 6.61 Å². The molecular weight excluding hydrogens is 204 g/mol. The Morgan fingerprint density at radius 1 is 1.44 bits per heavy atom. The number of anilines is 1. The Morgan fingerprint density at radius 3 is 2.62 bits per heavy atom. The molecule has 16 heavy (non-hydrogen) atoms. The van der Waals surface area contributed by atoms with Crippen LogP contribution in [0.25, 0.3) is 0 Å². The smallest absolute Gasteiger partial charge is 0.228 e. The van der Waals surface area contributed by atoms with Crippen LogP contribution in [-0.2, 0) is 4.79 Å². The number of carbonyl (C=O) groups is 1. The fourth-order valence-corrected chi connectivity index (χ4v) is 1.87. The van der Waals surface area contributed by atoms with Gasteiger partial charge in [-0.05, 0) is 31.2 Å². The molecule has 1 aromatic rings. The minimum absolute atomic E-state index is 0.0425. The minimum atomic E-state index is -0.0425. The molecule has 0 radical (unpaired) electrons. The molecule has 0 unspecified atom stereocenters. The molecule has 2 rings (SSSR count). The average Bonchev–Trinajstić information content (AvgIpc) is 2.59. The first-order valence-corrected chi connectivity index (χ1v) is 5.49. The van der Waals surface area contributed by atoms with E-state index >= 15 is 0 Å². The van der Waals surface area contributed by atoms with E-state index in [1.165, 1.54) is 0 Å². The molecule has 1 saturated heterocycles. The SMILES string of the molecule is CCOc1ccc(N2C[C@@H](N)CC2=O)cc1. The van der Waals surface area contributed by atoms with Crippen molar-refractivity contribution in [2.24, 2.45) is 5.73 Å². The molecule has 1 aliphatic rings. The lowest BCUT2D eigenvalue weighted by Crippen LogP contribution is -2.27. The van der Waals surface area contributed by atoms with E-state index in [1.807, 2.05) is 31.2 Å². The quantitative estimate of drug-likeness (QED) is 0.831. The Kier molecular flexibility index (Phi) is 3.10. The molecule has 2 N–H and O–H groups in total. The topological polar surface area (TPSA) is 55.6 Å². The van der Waals surface area contributed by atoms with Crippen LogP contribution < -0.4 is 15.4 Å². The number of nitrogens with two attached hydrogens (primary N) is 1. The Bertz CT molecular complexity index is 375. The number of carbonyl (C=O) groups excluding carboxylic acids is 1. The molecular formula is C12H16N2O2. The zero-order valence-corrected chi connectivity index (χ0v) is 9.35. The summed E-state index contributed by atoms with van der Waals surface area (Å²) in [5.74, 6) is 0.916. The lowest BCUT2D eigenvalue weighted by molar-refractivity contribution is -0.117. The number of nitrogens with zero attached hydrogens (tertiary/aromatic N) is 1. The van der Waals surface area contributed by atoms with Gasteiger partial charge in [0.15, 0.2) is 0 Å². The largest absolute Gasteiger partial charge is 0.494 e. The van der Waals surface area contributed by atoms with Crippen molar-refractivity contribution in [3.63, 3.8) is 0 Å². The summed E-state index contributed by atoms with van der Waals surface area (Å²) in [6.45, 7) is 3.19. The molecule has 0 saturated carbocycles. The van der Waals surface area contributed by atoms with Crippen LogP contribution in [0.5, 0.6) is 5.75 Å². The van der Waals surface area contributed by atoms with Crippen LogP contribution in [-0.4, -0.2) is 25.1 Å². The van der Waals surface area contributed by atoms with Crippen LogP contribution in [0.4, 0.5) is 5.69 Å². The second kappa shape index (κ2) is 4.53. The lowest BCUT2D eigenvalue weighted by atomic mass is 10.3. The van der Waals surface area contributed by atoms with Crippen molar-refractivity contribution in [3.8, 4) is 5.75 Å². The number of hydrogen-bond donors (Lipinski definition) is 1. The van der Waals surface area contributed by atoms with Gasteiger partial charge in [0.25, 0.3) is 0 Å². The normalized spacial score (nSPS) is 20.2. The number of ether oxygens (including phenoxy) is 1. The van der Waals surface area contributed by atoms with E-state index < -0.39 is 0 Å². The molecule has 0 aromatic heterocycles. The number of amides is 1. The molecule has 1 fully saturated rings. The Morgan fingerprint density at radius 2 is 2.12 bits per heavy atom. The van der Waals surface area contributed by atoms with Gasteiger partial charge in [-0.2, -0.15) is 0 Å². The zero-order valence-electron chi connectivity index (χ0n) is 9.35. The van der Waals surface area contributed by atoms with Crippen molar-refractivity contribution in [1.82, 2.24) is 0 Å². The van der Waals surface area contributed by atoms with Crippen LogP contribution in [0, 0.1) is 0 Å². The van der Waals surface area contributed by atoms with Crippen LogP contribution in [0.1, 0.15) is 13.3 Å². The second-order valence-electron chi connectivity index (χ2n) is 3.90. The fourth-order valence-electron chi connectivity index (χ4n) is 1.87. The zero-order chi connectivity index (χ0) is 11.5. The van der Waals surface area contributed by atoms with Crippen molar-refractivity contribution in [2.75, 3.05) is 18.1 Å². The summed E-state index contributed by atoms with van der Waals surface area (Å²) < 4.78 is 5.34. The summed E-state index contributed by atoms with van der Waals surface area (Å²) in [7, 11) is 0. The first kappa shape index (κ1) is 11.0. The summed E-state index contributed by atoms with van der Waals surface area (Å²) >= 11 is 0. The van der Waals surface area contributed by atoms with Gasteiger partial charge in [0, 0.05) is 24.7 Å². The van der Waals surface area contributed by atoms with Crippen molar-refractivity contribution < 1.29 is 9.53 Å². The van der Waals surface area contributed by atoms with Crippen molar-refractivity contribution in [2.45, 2.75) is 19.4 Å². The average molecular weight is 220 g/mol. The highest BCUT2D eigenvalue weighted by Gasteiger charge is 2.27. The van der Waals surface area contributed by atoms with E-state index in [9.17, 15) is 4.79 Å². The standard InChI is InChI=1S/C12H16N2O2/c1-2-16-11-5-3-10(4-6-11)14-8-9(13)7-12(14)15/h3-6,9H,2,7-8,13H2,1H3/t9-/m0/s1. The molecule has 1 amide bonds. The summed E-state index contributed by atoms with van der Waals surface area (Å²) in [5, 5.41) is 0. The predicted octanol–water partition coefficient (Wildman–Crippen LogP) is 1.15. The maximum absolute atomic E-state index is 11.6. The van der Waals surface area contributed by atoms with Crippen LogP contribution in [0.3, 0.4) is 0 Å². The van der Waals surface area contributed by atoms with Gasteiger partial charge in [-0.25, -0.2) is 0 Å². The highest BCUT2D eigenvalue weighted by atomic mass is 16.5. The monoisotopic (exact) mass is 220 g/mol. The molecule has 4 nitrogen and oxygen atoms in total. The number of hydrogen-bond acceptors (Lipinski definition) is 3. The van der Waals surface area contributed by atoms with E-state index in [2.05, 4.69) is 0 Å². The second-order valence-corrected chi connectivity index (χ2v) is 3.90. The Hall–Kier alpha value is -1.55. The van der Waals surface area contributed by atoms with Gasteiger partial charge in [-0.15, -0.1) is 0 Å². The molecule has 86 valence electrons. The highest BCUT2D eigenvalue weighted by molar-refractivity contribution is 5.96. The van der Waals surface area contributed by atoms with Gasteiger partial charge >= 0.3 is 0 Å². The summed E-state index contributed by atoms with van der Waals surface area (Å²) in [6.07, 6.45) is 0.438. The minimum Gasteiger partial charge on any atom is -0.494 e. The van der Waals surface area contributed by atoms with Crippen molar-refractivity contribution in [1.29, 1.82) is 0 Å². The van der Waals surface area contributed by atoms with Gasteiger partial charge < -0.3 is 15.4 Å². The Labute approximate surface area is 95.0 Å². The molecule has 0 spiro atoms. The number of rotatable bonds is 3. The lowest BCUT2D eigenvalue weighted by Gasteiger charge is -2.16. The van der Waals surface area contributed by atoms with E-state index in [1.54, 1.807) is 4.90 Å². The van der Waals surface area contributed by atoms with Crippen LogP contribution in [0.2, 0.25) is 0 Å². The first-order valence-electron chi connectivity index (χ1n) is 5.49. The van der Waals surface area contributed by atoms with Gasteiger partial charge in [-0.3, -0.25) is 4.79 Å². The van der Waals surface area contributed by atoms with Gasteiger partial charge in [0.2, 0.25) is 5.91 Å². The van der Waals surface area contributed by atoms with Crippen LogP contribution >= 0.6 is 0 Å².